The predicted molar refractivity (Wildman–Crippen MR) is 71.9 cm³/mol. The van der Waals surface area contributed by atoms with Crippen LogP contribution in [0.15, 0.2) is 42.6 Å². The third-order valence-electron chi connectivity index (χ3n) is 3.05. The second-order valence-electron chi connectivity index (χ2n) is 4.80. The Morgan fingerprint density at radius 3 is 1.96 bits per heavy atom. The number of ether oxygens (including phenoxy) is 1. The minimum Gasteiger partial charge on any atom is -0.406 e. The van der Waals surface area contributed by atoms with Gasteiger partial charge in [0, 0.05) is 11.8 Å². The summed E-state index contributed by atoms with van der Waals surface area (Å²) in [4.78, 5) is 3.61. The number of rotatable bonds is 4. The number of alkyl halides is 5. The van der Waals surface area contributed by atoms with Gasteiger partial charge in [-0.15, -0.1) is 13.2 Å². The number of halogens is 5. The summed E-state index contributed by atoms with van der Waals surface area (Å²) in [7, 11) is 0. The van der Waals surface area contributed by atoms with Gasteiger partial charge in [-0.05, 0) is 30.7 Å². The minimum atomic E-state index is -4.78. The maximum atomic E-state index is 13.6. The van der Waals surface area contributed by atoms with Crippen LogP contribution >= 0.6 is 0 Å². The van der Waals surface area contributed by atoms with E-state index in [0.717, 1.165) is 31.3 Å². The molecule has 3 nitrogen and oxygen atoms in total. The van der Waals surface area contributed by atoms with Crippen LogP contribution in [0.25, 0.3) is 11.1 Å². The highest BCUT2D eigenvalue weighted by Crippen LogP contribution is 2.32. The van der Waals surface area contributed by atoms with E-state index in [2.05, 4.69) is 9.72 Å². The number of hydrogen-bond acceptors (Lipinski definition) is 3. The van der Waals surface area contributed by atoms with Crippen molar-refractivity contribution in [2.75, 3.05) is 0 Å². The molecule has 0 aliphatic heterocycles. The van der Waals surface area contributed by atoms with Crippen LogP contribution in [0, 0.1) is 0 Å². The zero-order valence-corrected chi connectivity index (χ0v) is 11.8. The van der Waals surface area contributed by atoms with Crippen molar-refractivity contribution in [1.82, 2.24) is 4.98 Å². The lowest BCUT2D eigenvalue weighted by Gasteiger charge is -2.18. The van der Waals surface area contributed by atoms with Crippen molar-refractivity contribution in [1.29, 1.82) is 0 Å². The molecule has 23 heavy (non-hydrogen) atoms. The fourth-order valence-corrected chi connectivity index (χ4v) is 1.82. The number of aromatic nitrogens is 1. The van der Waals surface area contributed by atoms with Gasteiger partial charge in [0.1, 0.15) is 17.5 Å². The summed E-state index contributed by atoms with van der Waals surface area (Å²) in [6.45, 7) is 0.953. The number of aliphatic hydroxyl groups excluding tert-OH is 1. The number of nitrogens with zero attached hydrogens (tertiary/aromatic N) is 1. The maximum Gasteiger partial charge on any atom is 0.573 e. The van der Waals surface area contributed by atoms with Crippen molar-refractivity contribution in [2.24, 2.45) is 0 Å². The standard InChI is InChI=1S/C15H12F5NO2/c1-9(22)14(16,17)13-7-4-11(8-21-13)10-2-5-12(6-3-10)23-15(18,19)20/h2-9,22H,1H3. The van der Waals surface area contributed by atoms with Gasteiger partial charge in [-0.3, -0.25) is 4.98 Å². The first-order valence-electron chi connectivity index (χ1n) is 6.48. The van der Waals surface area contributed by atoms with E-state index in [0.29, 0.717) is 11.1 Å². The second kappa shape index (κ2) is 6.11. The van der Waals surface area contributed by atoms with Crippen molar-refractivity contribution in [3.63, 3.8) is 0 Å². The second-order valence-corrected chi connectivity index (χ2v) is 4.80. The van der Waals surface area contributed by atoms with Gasteiger partial charge in [0.2, 0.25) is 0 Å². The Labute approximate surface area is 128 Å². The van der Waals surface area contributed by atoms with Crippen LogP contribution in [0.1, 0.15) is 12.6 Å². The van der Waals surface area contributed by atoms with Gasteiger partial charge in [-0.1, -0.05) is 18.2 Å². The smallest absolute Gasteiger partial charge is 0.406 e. The lowest BCUT2D eigenvalue weighted by Crippen LogP contribution is -2.28. The fourth-order valence-electron chi connectivity index (χ4n) is 1.82. The molecule has 0 saturated carbocycles. The molecule has 0 aliphatic carbocycles. The average Bonchev–Trinajstić information content (AvgIpc) is 2.46. The normalized spacial score (nSPS) is 13.7. The number of hydrogen-bond donors (Lipinski definition) is 1. The van der Waals surface area contributed by atoms with Crippen LogP contribution < -0.4 is 4.74 Å². The molecule has 124 valence electrons. The van der Waals surface area contributed by atoms with Crippen molar-refractivity contribution in [3.8, 4) is 16.9 Å². The summed E-state index contributed by atoms with van der Waals surface area (Å²) in [5, 5.41) is 9.05. The van der Waals surface area contributed by atoms with Crippen LogP contribution in [0.3, 0.4) is 0 Å². The molecule has 0 aliphatic rings. The van der Waals surface area contributed by atoms with Crippen LogP contribution in [0.5, 0.6) is 5.75 Å². The summed E-state index contributed by atoms with van der Waals surface area (Å²) in [6, 6.07) is 7.33. The molecule has 0 radical (unpaired) electrons. The minimum absolute atomic E-state index is 0.383. The molecule has 2 aromatic rings. The highest BCUT2D eigenvalue weighted by atomic mass is 19.4. The summed E-state index contributed by atoms with van der Waals surface area (Å²) in [6.07, 6.45) is -5.51. The Morgan fingerprint density at radius 2 is 1.52 bits per heavy atom. The molecule has 0 spiro atoms. The monoisotopic (exact) mass is 333 g/mol. The van der Waals surface area contributed by atoms with Gasteiger partial charge >= 0.3 is 12.3 Å². The Hall–Kier alpha value is -2.22. The van der Waals surface area contributed by atoms with Crippen LogP contribution in [0.2, 0.25) is 0 Å². The van der Waals surface area contributed by atoms with E-state index in [9.17, 15) is 22.0 Å². The highest BCUT2D eigenvalue weighted by Gasteiger charge is 2.38. The van der Waals surface area contributed by atoms with Crippen molar-refractivity contribution >= 4 is 0 Å². The third-order valence-corrected chi connectivity index (χ3v) is 3.05. The summed E-state index contributed by atoms with van der Waals surface area (Å²) in [5.74, 6) is -3.87. The molecule has 1 aromatic heterocycles. The molecule has 0 bridgehead atoms. The molecule has 1 aromatic carbocycles. The molecule has 1 N–H and O–H groups in total. The molecular weight excluding hydrogens is 321 g/mol. The zero-order valence-electron chi connectivity index (χ0n) is 11.8. The topological polar surface area (TPSA) is 42.4 Å². The molecule has 0 fully saturated rings. The van der Waals surface area contributed by atoms with Gasteiger partial charge < -0.3 is 9.84 Å². The summed E-state index contributed by atoms with van der Waals surface area (Å²) < 4.78 is 67.1. The molecule has 1 atom stereocenters. The van der Waals surface area contributed by atoms with Gasteiger partial charge in [0.15, 0.2) is 0 Å². The van der Waals surface area contributed by atoms with E-state index < -0.39 is 24.1 Å². The van der Waals surface area contributed by atoms with E-state index in [-0.39, 0.29) is 5.75 Å². The molecular formula is C15H12F5NO2. The predicted octanol–water partition coefficient (Wildman–Crippen LogP) is 4.12. The van der Waals surface area contributed by atoms with Crippen LogP contribution in [-0.2, 0) is 5.92 Å². The lowest BCUT2D eigenvalue weighted by atomic mass is 10.1. The van der Waals surface area contributed by atoms with Crippen molar-refractivity contribution in [3.05, 3.63) is 48.3 Å². The van der Waals surface area contributed by atoms with Gasteiger partial charge in [0.05, 0.1) is 0 Å². The van der Waals surface area contributed by atoms with Gasteiger partial charge in [-0.25, -0.2) is 0 Å². The Kier molecular flexibility index (Phi) is 4.56. The summed E-state index contributed by atoms with van der Waals surface area (Å²) >= 11 is 0. The summed E-state index contributed by atoms with van der Waals surface area (Å²) in [5.41, 5.74) is 0.334. The molecule has 8 heteroatoms. The Balaban J connectivity index is 2.20. The largest absolute Gasteiger partial charge is 0.573 e. The van der Waals surface area contributed by atoms with E-state index in [4.69, 9.17) is 5.11 Å². The fraction of sp³-hybridized carbons (Fsp3) is 0.267. The van der Waals surface area contributed by atoms with E-state index in [1.165, 1.54) is 18.2 Å². The number of benzene rings is 1. The van der Waals surface area contributed by atoms with Crippen molar-refractivity contribution in [2.45, 2.75) is 25.3 Å². The maximum absolute atomic E-state index is 13.6. The Bertz CT molecular complexity index is 651. The molecule has 0 saturated heterocycles. The molecule has 0 amide bonds. The number of aliphatic hydroxyl groups is 1. The Morgan fingerprint density at radius 1 is 0.957 bits per heavy atom. The van der Waals surface area contributed by atoms with Gasteiger partial charge in [0.25, 0.3) is 0 Å². The van der Waals surface area contributed by atoms with Gasteiger partial charge in [-0.2, -0.15) is 8.78 Å². The van der Waals surface area contributed by atoms with Crippen LogP contribution in [-0.4, -0.2) is 22.6 Å². The first-order valence-corrected chi connectivity index (χ1v) is 6.48. The van der Waals surface area contributed by atoms with E-state index >= 15 is 0 Å². The molecule has 2 rings (SSSR count). The third kappa shape index (κ3) is 4.16. The van der Waals surface area contributed by atoms with E-state index in [1.54, 1.807) is 0 Å². The molecule has 1 heterocycles. The average molecular weight is 333 g/mol. The lowest BCUT2D eigenvalue weighted by molar-refractivity contribution is -0.274. The van der Waals surface area contributed by atoms with Crippen molar-refractivity contribution < 1.29 is 31.8 Å². The van der Waals surface area contributed by atoms with E-state index in [1.807, 2.05) is 0 Å². The highest BCUT2D eigenvalue weighted by molar-refractivity contribution is 5.63. The zero-order chi connectivity index (χ0) is 17.3. The SMILES string of the molecule is CC(O)C(F)(F)c1ccc(-c2ccc(OC(F)(F)F)cc2)cn1. The number of pyridine rings is 1. The van der Waals surface area contributed by atoms with Crippen LogP contribution in [0.4, 0.5) is 22.0 Å². The first-order chi connectivity index (χ1) is 10.6. The first kappa shape index (κ1) is 17.1. The molecule has 1 unspecified atom stereocenters. The quantitative estimate of drug-likeness (QED) is 0.856.